The molecule has 0 N–H and O–H groups in total. The Morgan fingerprint density at radius 2 is 1.82 bits per heavy atom. The van der Waals surface area contributed by atoms with Gasteiger partial charge in [0.25, 0.3) is 0 Å². The number of aryl methyl sites for hydroxylation is 2. The second-order valence-corrected chi connectivity index (χ2v) is 3.94. The second-order valence-electron chi connectivity index (χ2n) is 3.94. The van der Waals surface area contributed by atoms with Crippen molar-refractivity contribution in [1.29, 1.82) is 0 Å². The van der Waals surface area contributed by atoms with Crippen molar-refractivity contribution in [3.63, 3.8) is 0 Å². The highest BCUT2D eigenvalue weighted by Crippen LogP contribution is 2.14. The van der Waals surface area contributed by atoms with Crippen LogP contribution in [0.3, 0.4) is 0 Å². The Kier molecular flexibility index (Phi) is 10.4. The average Bonchev–Trinajstić information content (AvgIpc) is 2.62. The predicted molar refractivity (Wildman–Crippen MR) is 71.2 cm³/mol. The molecule has 0 fully saturated rings. The van der Waals surface area contributed by atoms with Crippen LogP contribution in [0.2, 0.25) is 0 Å². The van der Waals surface area contributed by atoms with Gasteiger partial charge in [-0.3, -0.25) is 14.8 Å². The van der Waals surface area contributed by atoms with Gasteiger partial charge in [-0.1, -0.05) is 34.6 Å². The van der Waals surface area contributed by atoms with E-state index in [9.17, 15) is 10.1 Å². The number of hydrogen-bond donors (Lipinski definition) is 0. The highest BCUT2D eigenvalue weighted by molar-refractivity contribution is 5.30. The molecule has 1 rings (SSSR count). The maximum absolute atomic E-state index is 10.3. The Labute approximate surface area is 104 Å². The van der Waals surface area contributed by atoms with Gasteiger partial charge in [-0.05, 0) is 19.8 Å². The highest BCUT2D eigenvalue weighted by atomic mass is 16.6. The van der Waals surface area contributed by atoms with Crippen molar-refractivity contribution in [2.24, 2.45) is 5.92 Å². The summed E-state index contributed by atoms with van der Waals surface area (Å²) in [6.07, 6.45) is 1.44. The van der Waals surface area contributed by atoms with Gasteiger partial charge < -0.3 is 0 Å². The first-order valence-electron chi connectivity index (χ1n) is 6.06. The average molecular weight is 243 g/mol. The molecule has 0 saturated heterocycles. The van der Waals surface area contributed by atoms with Crippen LogP contribution in [0.15, 0.2) is 6.20 Å². The maximum Gasteiger partial charge on any atom is 0.309 e. The molecule has 17 heavy (non-hydrogen) atoms. The van der Waals surface area contributed by atoms with Gasteiger partial charge >= 0.3 is 5.69 Å². The number of aromatic nitrogens is 2. The highest BCUT2D eigenvalue weighted by Gasteiger charge is 2.13. The fourth-order valence-corrected chi connectivity index (χ4v) is 0.849. The Morgan fingerprint density at radius 1 is 1.41 bits per heavy atom. The largest absolute Gasteiger partial charge is 0.309 e. The molecule has 5 nitrogen and oxygen atoms in total. The summed E-state index contributed by atoms with van der Waals surface area (Å²) in [5, 5.41) is 14.2. The first-order chi connectivity index (χ1) is 7.88. The number of nitro groups is 1. The summed E-state index contributed by atoms with van der Waals surface area (Å²) < 4.78 is 1.55. The Morgan fingerprint density at radius 3 is 2.00 bits per heavy atom. The predicted octanol–water partition coefficient (Wildman–Crippen LogP) is 3.81. The third-order valence-corrected chi connectivity index (χ3v) is 1.44. The summed E-state index contributed by atoms with van der Waals surface area (Å²) in [6, 6.07) is 0. The van der Waals surface area contributed by atoms with Crippen LogP contribution >= 0.6 is 0 Å². The van der Waals surface area contributed by atoms with Crippen LogP contribution < -0.4 is 0 Å². The molecule has 1 aromatic rings. The molecule has 0 radical (unpaired) electrons. The van der Waals surface area contributed by atoms with Crippen LogP contribution in [0.25, 0.3) is 0 Å². The lowest BCUT2D eigenvalue weighted by atomic mass is 10.3. The minimum Gasteiger partial charge on any atom is -0.266 e. The lowest BCUT2D eigenvalue weighted by Gasteiger charge is -1.87. The molecule has 0 saturated carbocycles. The molecule has 0 amide bonds. The van der Waals surface area contributed by atoms with Crippen LogP contribution in [0, 0.1) is 23.0 Å². The van der Waals surface area contributed by atoms with Gasteiger partial charge in [0.15, 0.2) is 0 Å². The molecule has 0 aromatic carbocycles. The van der Waals surface area contributed by atoms with E-state index in [0.29, 0.717) is 12.2 Å². The van der Waals surface area contributed by atoms with Crippen LogP contribution in [-0.2, 0) is 6.54 Å². The topological polar surface area (TPSA) is 61.0 Å². The summed E-state index contributed by atoms with van der Waals surface area (Å²) in [5.74, 6) is 0.833. The summed E-state index contributed by atoms with van der Waals surface area (Å²) in [5.41, 5.74) is 0.559. The van der Waals surface area contributed by atoms with Crippen LogP contribution in [0.5, 0.6) is 0 Å². The van der Waals surface area contributed by atoms with Gasteiger partial charge in [0.1, 0.15) is 11.9 Å². The monoisotopic (exact) mass is 243 g/mol. The molecular weight excluding hydrogens is 218 g/mol. The summed E-state index contributed by atoms with van der Waals surface area (Å²) in [7, 11) is 0. The smallest absolute Gasteiger partial charge is 0.266 e. The van der Waals surface area contributed by atoms with Gasteiger partial charge in [-0.25, -0.2) is 0 Å². The third kappa shape index (κ3) is 8.42. The molecule has 0 aliphatic rings. The quantitative estimate of drug-likeness (QED) is 0.586. The molecule has 1 aromatic heterocycles. The van der Waals surface area contributed by atoms with Crippen molar-refractivity contribution in [3.8, 4) is 0 Å². The molecule has 0 spiro atoms. The minimum atomic E-state index is -0.422. The molecule has 0 atom stereocenters. The van der Waals surface area contributed by atoms with Gasteiger partial charge in [-0.15, -0.1) is 0 Å². The molecule has 1 heterocycles. The molecule has 0 aliphatic carbocycles. The molecule has 100 valence electrons. The van der Waals surface area contributed by atoms with E-state index >= 15 is 0 Å². The molecule has 0 aliphatic heterocycles. The van der Waals surface area contributed by atoms with Crippen molar-refractivity contribution in [3.05, 3.63) is 22.0 Å². The zero-order chi connectivity index (χ0) is 14.0. The van der Waals surface area contributed by atoms with Crippen molar-refractivity contribution in [2.45, 2.75) is 55.0 Å². The van der Waals surface area contributed by atoms with E-state index in [4.69, 9.17) is 0 Å². The number of nitrogens with zero attached hydrogens (tertiary/aromatic N) is 3. The molecule has 0 unspecified atom stereocenters. The fourth-order valence-electron chi connectivity index (χ4n) is 0.849. The lowest BCUT2D eigenvalue weighted by Crippen LogP contribution is -1.93. The standard InChI is InChI=1S/C6H9N3O2.C4H10.C2H6/c1-3-8-4-6(9(10)11)5(2)7-8;1-4(2)3;1-2/h4H,3H2,1-2H3;4H,1-3H3;1-2H3. The lowest BCUT2D eigenvalue weighted by molar-refractivity contribution is -0.385. The second kappa shape index (κ2) is 9.81. The zero-order valence-corrected chi connectivity index (χ0v) is 12.0. The Hall–Kier alpha value is -1.39. The van der Waals surface area contributed by atoms with E-state index < -0.39 is 4.92 Å². The third-order valence-electron chi connectivity index (χ3n) is 1.44. The normalized spacial score (nSPS) is 8.94. The zero-order valence-electron chi connectivity index (χ0n) is 12.0. The molecular formula is C12H25N3O2. The van der Waals surface area contributed by atoms with E-state index in [0.717, 1.165) is 5.92 Å². The van der Waals surface area contributed by atoms with E-state index in [1.807, 2.05) is 20.8 Å². The summed E-state index contributed by atoms with van der Waals surface area (Å²) >= 11 is 0. The van der Waals surface area contributed by atoms with Gasteiger partial charge in [0, 0.05) is 6.54 Å². The van der Waals surface area contributed by atoms with E-state index in [1.54, 1.807) is 11.6 Å². The van der Waals surface area contributed by atoms with Crippen LogP contribution in [-0.4, -0.2) is 14.7 Å². The van der Waals surface area contributed by atoms with Crippen molar-refractivity contribution >= 4 is 5.69 Å². The van der Waals surface area contributed by atoms with Crippen LogP contribution in [0.1, 0.15) is 47.2 Å². The van der Waals surface area contributed by atoms with Gasteiger partial charge in [0.2, 0.25) is 0 Å². The summed E-state index contributed by atoms with van der Waals surface area (Å²) in [4.78, 5) is 9.88. The first kappa shape index (κ1) is 18.0. The van der Waals surface area contributed by atoms with Gasteiger partial charge in [-0.2, -0.15) is 5.10 Å². The summed E-state index contributed by atoms with van der Waals surface area (Å²) in [6.45, 7) is 14.7. The SMILES string of the molecule is CC.CC(C)C.CCn1cc([N+](=O)[O-])c(C)n1. The Balaban J connectivity index is 0. The Bertz CT molecular complexity index is 317. The van der Waals surface area contributed by atoms with E-state index in [1.165, 1.54) is 6.20 Å². The first-order valence-corrected chi connectivity index (χ1v) is 6.06. The maximum atomic E-state index is 10.3. The van der Waals surface area contributed by atoms with E-state index in [2.05, 4.69) is 25.9 Å². The van der Waals surface area contributed by atoms with E-state index in [-0.39, 0.29) is 5.69 Å². The number of rotatable bonds is 2. The van der Waals surface area contributed by atoms with Crippen molar-refractivity contribution in [2.75, 3.05) is 0 Å². The van der Waals surface area contributed by atoms with Crippen molar-refractivity contribution < 1.29 is 4.92 Å². The van der Waals surface area contributed by atoms with Crippen LogP contribution in [0.4, 0.5) is 5.69 Å². The molecule has 0 bridgehead atoms. The minimum absolute atomic E-state index is 0.0897. The fraction of sp³-hybridized carbons (Fsp3) is 0.750. The van der Waals surface area contributed by atoms with Gasteiger partial charge in [0.05, 0.1) is 4.92 Å². The molecule has 5 heteroatoms. The van der Waals surface area contributed by atoms with Crippen molar-refractivity contribution in [1.82, 2.24) is 9.78 Å². The number of hydrogen-bond acceptors (Lipinski definition) is 3.